The van der Waals surface area contributed by atoms with Gasteiger partial charge in [0.05, 0.1) is 0 Å². The molecule has 0 saturated carbocycles. The van der Waals surface area contributed by atoms with Crippen LogP contribution >= 0.6 is 0 Å². The summed E-state index contributed by atoms with van der Waals surface area (Å²) in [5.74, 6) is 0.317. The molecule has 0 amide bonds. The maximum Gasteiger partial charge on any atom is 0.129 e. The second-order valence-electron chi connectivity index (χ2n) is 4.00. The second kappa shape index (κ2) is 8.79. The number of hydrogen-bond donors (Lipinski definition) is 0. The molecule has 0 bridgehead atoms. The van der Waals surface area contributed by atoms with E-state index in [0.29, 0.717) is 5.78 Å². The van der Waals surface area contributed by atoms with Crippen LogP contribution in [0.25, 0.3) is 0 Å². The Morgan fingerprint density at radius 2 is 1.79 bits per heavy atom. The van der Waals surface area contributed by atoms with E-state index in [4.69, 9.17) is 0 Å². The lowest BCUT2D eigenvalue weighted by Gasteiger charge is -2.02. The zero-order valence-corrected chi connectivity index (χ0v) is 9.75. The fourth-order valence-corrected chi connectivity index (χ4v) is 1.28. The average Bonchev–Trinajstić information content (AvgIpc) is 2.08. The summed E-state index contributed by atoms with van der Waals surface area (Å²) in [7, 11) is 4.06. The highest BCUT2D eigenvalue weighted by Crippen LogP contribution is 2.06. The van der Waals surface area contributed by atoms with Crippen molar-refractivity contribution in [3.05, 3.63) is 12.3 Å². The monoisotopic (exact) mass is 197 g/mol. The smallest absolute Gasteiger partial charge is 0.129 e. The van der Waals surface area contributed by atoms with Crippen LogP contribution in [-0.2, 0) is 4.79 Å². The van der Waals surface area contributed by atoms with Crippen molar-refractivity contribution in [1.82, 2.24) is 4.90 Å². The van der Waals surface area contributed by atoms with Crippen LogP contribution in [0.4, 0.5) is 0 Å². The molecule has 0 rings (SSSR count). The zero-order chi connectivity index (χ0) is 10.8. The van der Waals surface area contributed by atoms with Gasteiger partial charge in [0.1, 0.15) is 5.78 Å². The van der Waals surface area contributed by atoms with Crippen LogP contribution in [-0.4, -0.2) is 24.8 Å². The number of rotatable bonds is 8. The first kappa shape index (κ1) is 13.2. The summed E-state index contributed by atoms with van der Waals surface area (Å²) in [6.07, 6.45) is 10.9. The van der Waals surface area contributed by atoms with Crippen LogP contribution in [0.2, 0.25) is 0 Å². The summed E-state index contributed by atoms with van der Waals surface area (Å²) in [6, 6.07) is 0. The molecule has 0 atom stereocenters. The molecule has 0 spiro atoms. The van der Waals surface area contributed by atoms with Gasteiger partial charge in [0.25, 0.3) is 0 Å². The van der Waals surface area contributed by atoms with E-state index in [0.717, 1.165) is 19.3 Å². The number of carbonyl (C=O) groups excluding carboxylic acids is 1. The third-order valence-corrected chi connectivity index (χ3v) is 2.05. The Hall–Kier alpha value is -0.790. The van der Waals surface area contributed by atoms with Gasteiger partial charge in [-0.25, -0.2) is 0 Å². The van der Waals surface area contributed by atoms with E-state index in [-0.39, 0.29) is 0 Å². The van der Waals surface area contributed by atoms with Gasteiger partial charge >= 0.3 is 0 Å². The molecule has 0 saturated heterocycles. The van der Waals surface area contributed by atoms with Crippen LogP contribution in [0.1, 0.15) is 45.4 Å². The van der Waals surface area contributed by atoms with Crippen molar-refractivity contribution in [2.75, 3.05) is 14.1 Å². The normalized spacial score (nSPS) is 10.8. The number of allylic oxidation sites excluding steroid dienone is 1. The Morgan fingerprint density at radius 3 is 2.36 bits per heavy atom. The molecule has 0 aliphatic rings. The van der Waals surface area contributed by atoms with Crippen molar-refractivity contribution in [3.63, 3.8) is 0 Å². The van der Waals surface area contributed by atoms with E-state index in [1.54, 1.807) is 6.92 Å². The Morgan fingerprint density at radius 1 is 1.14 bits per heavy atom. The van der Waals surface area contributed by atoms with E-state index >= 15 is 0 Å². The van der Waals surface area contributed by atoms with Crippen LogP contribution < -0.4 is 0 Å². The molecule has 0 aromatic carbocycles. The summed E-state index contributed by atoms with van der Waals surface area (Å²) >= 11 is 0. The average molecular weight is 197 g/mol. The molecule has 82 valence electrons. The van der Waals surface area contributed by atoms with E-state index in [1.807, 2.05) is 14.1 Å². The van der Waals surface area contributed by atoms with Crippen molar-refractivity contribution in [3.8, 4) is 0 Å². The van der Waals surface area contributed by atoms with E-state index in [2.05, 4.69) is 17.2 Å². The molecule has 0 unspecified atom stereocenters. The van der Waals surface area contributed by atoms with Gasteiger partial charge in [0.15, 0.2) is 0 Å². The third-order valence-electron chi connectivity index (χ3n) is 2.05. The fraction of sp³-hybridized carbons (Fsp3) is 0.750. The van der Waals surface area contributed by atoms with Gasteiger partial charge < -0.3 is 9.69 Å². The molecule has 14 heavy (non-hydrogen) atoms. The maximum atomic E-state index is 10.6. The number of nitrogens with zero attached hydrogens (tertiary/aromatic N) is 1. The number of unbranched alkanes of at least 4 members (excludes halogenated alkanes) is 4. The highest BCUT2D eigenvalue weighted by Gasteiger charge is 1.93. The van der Waals surface area contributed by atoms with Gasteiger partial charge in [-0.3, -0.25) is 0 Å². The molecule has 0 N–H and O–H groups in total. The highest BCUT2D eigenvalue weighted by atomic mass is 16.1. The van der Waals surface area contributed by atoms with E-state index in [1.165, 1.54) is 19.3 Å². The molecular weight excluding hydrogens is 174 g/mol. The van der Waals surface area contributed by atoms with Crippen LogP contribution in [0.3, 0.4) is 0 Å². The lowest BCUT2D eigenvalue weighted by molar-refractivity contribution is -0.117. The summed E-state index contributed by atoms with van der Waals surface area (Å²) in [5.41, 5.74) is 0. The van der Waals surface area contributed by atoms with E-state index < -0.39 is 0 Å². The van der Waals surface area contributed by atoms with Gasteiger partial charge in [-0.15, -0.1) is 0 Å². The first-order valence-corrected chi connectivity index (χ1v) is 5.45. The van der Waals surface area contributed by atoms with Gasteiger partial charge in [0, 0.05) is 20.5 Å². The van der Waals surface area contributed by atoms with Gasteiger partial charge in [-0.1, -0.05) is 18.9 Å². The Kier molecular flexibility index (Phi) is 8.30. The number of carbonyl (C=O) groups is 1. The maximum absolute atomic E-state index is 10.6. The van der Waals surface area contributed by atoms with Crippen LogP contribution in [0.15, 0.2) is 12.3 Å². The molecule has 0 radical (unpaired) electrons. The summed E-state index contributed by atoms with van der Waals surface area (Å²) in [4.78, 5) is 12.7. The summed E-state index contributed by atoms with van der Waals surface area (Å²) in [6.45, 7) is 1.67. The molecule has 0 aliphatic heterocycles. The van der Waals surface area contributed by atoms with Crippen molar-refractivity contribution in [1.29, 1.82) is 0 Å². The summed E-state index contributed by atoms with van der Waals surface area (Å²) in [5, 5.41) is 0. The molecule has 0 heterocycles. The lowest BCUT2D eigenvalue weighted by Crippen LogP contribution is -1.99. The standard InChI is InChI=1S/C12H23NO/c1-12(14)10-8-6-4-5-7-9-11-13(2)3/h9,11H,4-8,10H2,1-3H3/b11-9-. The predicted octanol–water partition coefficient (Wildman–Crippen LogP) is 2.99. The first-order valence-electron chi connectivity index (χ1n) is 5.45. The molecule has 2 heteroatoms. The van der Waals surface area contributed by atoms with E-state index in [9.17, 15) is 4.79 Å². The Labute approximate surface area is 88.0 Å². The van der Waals surface area contributed by atoms with Crippen molar-refractivity contribution >= 4 is 5.78 Å². The molecule has 0 aliphatic carbocycles. The van der Waals surface area contributed by atoms with Crippen LogP contribution in [0, 0.1) is 0 Å². The minimum atomic E-state index is 0.317. The predicted molar refractivity (Wildman–Crippen MR) is 61.2 cm³/mol. The Bertz CT molecular complexity index is 173. The minimum absolute atomic E-state index is 0.317. The summed E-state index contributed by atoms with van der Waals surface area (Å²) < 4.78 is 0. The number of hydrogen-bond acceptors (Lipinski definition) is 2. The van der Waals surface area contributed by atoms with Crippen molar-refractivity contribution in [2.45, 2.75) is 45.4 Å². The van der Waals surface area contributed by atoms with Crippen molar-refractivity contribution < 1.29 is 4.79 Å². The SMILES string of the molecule is CC(=O)CCCCCC/C=C\N(C)C. The number of ketones is 1. The molecule has 2 nitrogen and oxygen atoms in total. The third kappa shape index (κ3) is 11.2. The zero-order valence-electron chi connectivity index (χ0n) is 9.75. The molecule has 0 fully saturated rings. The second-order valence-corrected chi connectivity index (χ2v) is 4.00. The minimum Gasteiger partial charge on any atom is -0.384 e. The van der Waals surface area contributed by atoms with Gasteiger partial charge in [-0.05, 0) is 32.4 Å². The Balaban J connectivity index is 3.10. The van der Waals surface area contributed by atoms with Crippen LogP contribution in [0.5, 0.6) is 0 Å². The quantitative estimate of drug-likeness (QED) is 0.557. The first-order chi connectivity index (χ1) is 6.63. The highest BCUT2D eigenvalue weighted by molar-refractivity contribution is 5.75. The molecule has 0 aromatic heterocycles. The topological polar surface area (TPSA) is 20.3 Å². The molecular formula is C12H23NO. The largest absolute Gasteiger partial charge is 0.384 e. The fourth-order valence-electron chi connectivity index (χ4n) is 1.28. The van der Waals surface area contributed by atoms with Gasteiger partial charge in [-0.2, -0.15) is 0 Å². The van der Waals surface area contributed by atoms with Crippen molar-refractivity contribution in [2.24, 2.45) is 0 Å². The lowest BCUT2D eigenvalue weighted by atomic mass is 10.1. The van der Waals surface area contributed by atoms with Gasteiger partial charge in [0.2, 0.25) is 0 Å². The number of Topliss-reactive ketones (excluding diaryl/α,β-unsaturated/α-hetero) is 1. The molecule has 0 aromatic rings.